The van der Waals surface area contributed by atoms with Gasteiger partial charge in [0.05, 0.1) is 36.2 Å². The number of H-pyrrole nitrogens is 1. The molecule has 1 saturated carbocycles. The molecule has 1 unspecified atom stereocenters. The fourth-order valence-corrected chi connectivity index (χ4v) is 4.17. The van der Waals surface area contributed by atoms with Gasteiger partial charge in [0.2, 0.25) is 0 Å². The maximum atomic E-state index is 6.15. The first-order chi connectivity index (χ1) is 11.8. The fourth-order valence-electron chi connectivity index (χ4n) is 4.17. The number of fused-ring (bicyclic) bond motifs is 1. The SMILES string of the molecule is COC1=C(C)C(C2CCCCC2)N(c2ccc3nc[nH]c3c2)OC1. The number of rotatable bonds is 3. The zero-order valence-electron chi connectivity index (χ0n) is 14.4. The molecule has 1 aromatic carbocycles. The Morgan fingerprint density at radius 3 is 2.88 bits per heavy atom. The second kappa shape index (κ2) is 6.48. The van der Waals surface area contributed by atoms with Gasteiger partial charge in [0.1, 0.15) is 12.4 Å². The summed E-state index contributed by atoms with van der Waals surface area (Å²) in [7, 11) is 1.74. The molecule has 2 aromatic rings. The Bertz CT molecular complexity index is 746. The normalized spacial score (nSPS) is 23.1. The number of imidazole rings is 1. The third-order valence-corrected chi connectivity index (χ3v) is 5.47. The van der Waals surface area contributed by atoms with Crippen molar-refractivity contribution < 1.29 is 9.57 Å². The molecule has 1 aliphatic carbocycles. The van der Waals surface area contributed by atoms with Crippen molar-refractivity contribution in [2.75, 3.05) is 18.8 Å². The van der Waals surface area contributed by atoms with Gasteiger partial charge in [-0.1, -0.05) is 19.3 Å². The molecule has 1 fully saturated rings. The number of anilines is 1. The van der Waals surface area contributed by atoms with E-state index in [1.165, 1.54) is 37.7 Å². The first-order valence-electron chi connectivity index (χ1n) is 8.87. The van der Waals surface area contributed by atoms with E-state index in [0.29, 0.717) is 12.5 Å². The maximum Gasteiger partial charge on any atom is 0.132 e. The van der Waals surface area contributed by atoms with Crippen molar-refractivity contribution in [3.63, 3.8) is 0 Å². The number of hydrogen-bond acceptors (Lipinski definition) is 4. The van der Waals surface area contributed by atoms with E-state index in [9.17, 15) is 0 Å². The molecular formula is C19H25N3O2. The molecule has 0 spiro atoms. The monoisotopic (exact) mass is 327 g/mol. The first-order valence-corrected chi connectivity index (χ1v) is 8.87. The lowest BCUT2D eigenvalue weighted by atomic mass is 9.80. The molecule has 0 bridgehead atoms. The lowest BCUT2D eigenvalue weighted by Crippen LogP contribution is -2.46. The summed E-state index contributed by atoms with van der Waals surface area (Å²) in [5.41, 5.74) is 4.41. The van der Waals surface area contributed by atoms with E-state index in [2.05, 4.69) is 34.1 Å². The lowest BCUT2D eigenvalue weighted by Gasteiger charge is -2.43. The van der Waals surface area contributed by atoms with Crippen LogP contribution in [0.1, 0.15) is 39.0 Å². The molecule has 5 heteroatoms. The highest BCUT2D eigenvalue weighted by Crippen LogP contribution is 2.38. The summed E-state index contributed by atoms with van der Waals surface area (Å²) < 4.78 is 5.58. The van der Waals surface area contributed by atoms with Crippen LogP contribution in [0.2, 0.25) is 0 Å². The number of ether oxygens (including phenoxy) is 1. The molecule has 5 nitrogen and oxygen atoms in total. The molecule has 4 rings (SSSR count). The van der Waals surface area contributed by atoms with Crippen molar-refractivity contribution in [2.24, 2.45) is 5.92 Å². The average molecular weight is 327 g/mol. The molecule has 128 valence electrons. The summed E-state index contributed by atoms with van der Waals surface area (Å²) >= 11 is 0. The number of benzene rings is 1. The standard InChI is InChI=1S/C19H25N3O2/c1-13-18(23-2)11-24-22(19(13)14-6-4-3-5-7-14)15-8-9-16-17(10-15)21-12-20-16/h8-10,12,14,19H,3-7,11H2,1-2H3,(H,20,21). The maximum absolute atomic E-state index is 6.15. The minimum atomic E-state index is 0.245. The predicted molar refractivity (Wildman–Crippen MR) is 94.6 cm³/mol. The first kappa shape index (κ1) is 15.5. The van der Waals surface area contributed by atoms with Crippen LogP contribution in [-0.4, -0.2) is 29.7 Å². The molecule has 1 atom stereocenters. The molecule has 1 aliphatic heterocycles. The van der Waals surface area contributed by atoms with Gasteiger partial charge in [-0.3, -0.25) is 4.84 Å². The summed E-state index contributed by atoms with van der Waals surface area (Å²) in [5.74, 6) is 1.59. The van der Waals surface area contributed by atoms with Crippen LogP contribution >= 0.6 is 0 Å². The van der Waals surface area contributed by atoms with Crippen LogP contribution in [0.5, 0.6) is 0 Å². The van der Waals surface area contributed by atoms with Crippen LogP contribution in [0.15, 0.2) is 35.9 Å². The van der Waals surface area contributed by atoms with E-state index >= 15 is 0 Å². The summed E-state index contributed by atoms with van der Waals surface area (Å²) in [6.07, 6.45) is 8.22. The Morgan fingerprint density at radius 2 is 2.08 bits per heavy atom. The largest absolute Gasteiger partial charge is 0.499 e. The van der Waals surface area contributed by atoms with Crippen LogP contribution in [0, 0.1) is 5.92 Å². The van der Waals surface area contributed by atoms with Crippen molar-refractivity contribution in [3.05, 3.63) is 35.9 Å². The highest BCUT2D eigenvalue weighted by atomic mass is 16.7. The molecule has 2 heterocycles. The number of hydrogen-bond donors (Lipinski definition) is 1. The minimum absolute atomic E-state index is 0.245. The second-order valence-electron chi connectivity index (χ2n) is 6.86. The molecule has 1 aromatic heterocycles. The third kappa shape index (κ3) is 2.67. The van der Waals surface area contributed by atoms with E-state index < -0.39 is 0 Å². The predicted octanol–water partition coefficient (Wildman–Crippen LogP) is 4.18. The Hall–Kier alpha value is -2.01. The number of aromatic nitrogens is 2. The second-order valence-corrected chi connectivity index (χ2v) is 6.86. The topological polar surface area (TPSA) is 50.4 Å². The van der Waals surface area contributed by atoms with Gasteiger partial charge in [-0.15, -0.1) is 0 Å². The number of hydroxylamine groups is 1. The highest BCUT2D eigenvalue weighted by molar-refractivity contribution is 5.79. The van der Waals surface area contributed by atoms with Crippen molar-refractivity contribution >= 4 is 16.7 Å². The zero-order valence-corrected chi connectivity index (χ0v) is 14.4. The number of methoxy groups -OCH3 is 1. The van der Waals surface area contributed by atoms with Crippen molar-refractivity contribution in [1.82, 2.24) is 9.97 Å². The van der Waals surface area contributed by atoms with Gasteiger partial charge in [-0.25, -0.2) is 10.0 Å². The average Bonchev–Trinajstić information content (AvgIpc) is 3.10. The zero-order chi connectivity index (χ0) is 16.5. The smallest absolute Gasteiger partial charge is 0.132 e. The highest BCUT2D eigenvalue weighted by Gasteiger charge is 2.36. The van der Waals surface area contributed by atoms with Gasteiger partial charge in [0.15, 0.2) is 0 Å². The van der Waals surface area contributed by atoms with Gasteiger partial charge in [-0.2, -0.15) is 0 Å². The number of nitrogens with one attached hydrogen (secondary N) is 1. The summed E-state index contributed by atoms with van der Waals surface area (Å²) in [4.78, 5) is 13.6. The number of nitrogens with zero attached hydrogens (tertiary/aromatic N) is 2. The van der Waals surface area contributed by atoms with Crippen LogP contribution in [0.4, 0.5) is 5.69 Å². The van der Waals surface area contributed by atoms with Gasteiger partial charge in [0, 0.05) is 0 Å². The minimum Gasteiger partial charge on any atom is -0.499 e. The van der Waals surface area contributed by atoms with Crippen LogP contribution < -0.4 is 5.06 Å². The third-order valence-electron chi connectivity index (χ3n) is 5.47. The molecule has 0 saturated heterocycles. The Kier molecular flexibility index (Phi) is 4.19. The quantitative estimate of drug-likeness (QED) is 0.918. The Morgan fingerprint density at radius 1 is 1.25 bits per heavy atom. The Balaban J connectivity index is 1.72. The van der Waals surface area contributed by atoms with Gasteiger partial charge in [0.25, 0.3) is 0 Å². The molecule has 0 amide bonds. The number of aromatic amines is 1. The van der Waals surface area contributed by atoms with Crippen LogP contribution in [0.25, 0.3) is 11.0 Å². The summed E-state index contributed by atoms with van der Waals surface area (Å²) in [6.45, 7) is 2.69. The summed E-state index contributed by atoms with van der Waals surface area (Å²) in [6, 6.07) is 6.52. The van der Waals surface area contributed by atoms with Crippen molar-refractivity contribution in [2.45, 2.75) is 45.1 Å². The van der Waals surface area contributed by atoms with Crippen LogP contribution in [0.3, 0.4) is 0 Å². The molecular weight excluding hydrogens is 302 g/mol. The van der Waals surface area contributed by atoms with E-state index in [4.69, 9.17) is 9.57 Å². The van der Waals surface area contributed by atoms with Gasteiger partial charge >= 0.3 is 0 Å². The van der Waals surface area contributed by atoms with Crippen molar-refractivity contribution in [3.8, 4) is 0 Å². The van der Waals surface area contributed by atoms with Gasteiger partial charge in [-0.05, 0) is 49.5 Å². The van der Waals surface area contributed by atoms with Gasteiger partial charge < -0.3 is 9.72 Å². The molecule has 1 N–H and O–H groups in total. The van der Waals surface area contributed by atoms with E-state index in [-0.39, 0.29) is 6.04 Å². The Labute approximate surface area is 142 Å². The van der Waals surface area contributed by atoms with E-state index in [1.807, 2.05) is 6.07 Å². The van der Waals surface area contributed by atoms with Crippen LogP contribution in [-0.2, 0) is 9.57 Å². The molecule has 2 aliphatic rings. The molecule has 0 radical (unpaired) electrons. The molecule has 24 heavy (non-hydrogen) atoms. The van der Waals surface area contributed by atoms with E-state index in [1.54, 1.807) is 13.4 Å². The van der Waals surface area contributed by atoms with Crippen molar-refractivity contribution in [1.29, 1.82) is 0 Å². The van der Waals surface area contributed by atoms with E-state index in [0.717, 1.165) is 22.5 Å². The lowest BCUT2D eigenvalue weighted by molar-refractivity contribution is 0.0428. The summed E-state index contributed by atoms with van der Waals surface area (Å²) in [5, 5.41) is 2.11. The fraction of sp³-hybridized carbons (Fsp3) is 0.526.